The quantitative estimate of drug-likeness (QED) is 0.178. The van der Waals surface area contributed by atoms with E-state index >= 15 is 0 Å². The van der Waals surface area contributed by atoms with Gasteiger partial charge in [-0.25, -0.2) is 0 Å². The Morgan fingerprint density at radius 3 is 1.57 bits per heavy atom. The number of rotatable bonds is 5. The first-order valence-electron chi connectivity index (χ1n) is 19.2. The summed E-state index contributed by atoms with van der Waals surface area (Å²) < 4.78 is 0. The Labute approximate surface area is 314 Å². The summed E-state index contributed by atoms with van der Waals surface area (Å²) in [5.74, 6) is 0. The van der Waals surface area contributed by atoms with Crippen LogP contribution < -0.4 is 9.80 Å². The number of para-hydroxylation sites is 2. The number of benzene rings is 6. The number of nitrogens with zero attached hydrogens (tertiary/aromatic N) is 2. The molecule has 2 nitrogen and oxygen atoms in total. The maximum atomic E-state index is 2.70. The molecule has 1 unspecified atom stereocenters. The van der Waals surface area contributed by atoms with Crippen LogP contribution in [0.25, 0.3) is 22.3 Å². The van der Waals surface area contributed by atoms with E-state index < -0.39 is 0 Å². The van der Waals surface area contributed by atoms with Crippen LogP contribution in [0.1, 0.15) is 70.2 Å². The summed E-state index contributed by atoms with van der Waals surface area (Å²) in [7, 11) is 0. The minimum absolute atomic E-state index is 0.0949. The molecule has 3 aliphatic heterocycles. The van der Waals surface area contributed by atoms with Gasteiger partial charge >= 0.3 is 0 Å². The van der Waals surface area contributed by atoms with Crippen molar-refractivity contribution in [2.75, 3.05) is 9.80 Å². The second-order valence-electron chi connectivity index (χ2n) is 17.0. The molecule has 0 fully saturated rings. The highest BCUT2D eigenvalue weighted by molar-refractivity contribution is 5.93. The highest BCUT2D eigenvalue weighted by Crippen LogP contribution is 2.65. The summed E-state index contributed by atoms with van der Waals surface area (Å²) in [4.78, 5) is 5.31. The Bertz CT molecular complexity index is 2500. The predicted molar refractivity (Wildman–Crippen MR) is 223 cm³/mol. The van der Waals surface area contributed by atoms with Crippen molar-refractivity contribution in [3.05, 3.63) is 191 Å². The maximum absolute atomic E-state index is 2.70. The zero-order valence-electron chi connectivity index (χ0n) is 31.6. The zero-order valence-corrected chi connectivity index (χ0v) is 31.6. The third-order valence-corrected chi connectivity index (χ3v) is 13.0. The van der Waals surface area contributed by atoms with Gasteiger partial charge in [0.25, 0.3) is 0 Å². The Morgan fingerprint density at radius 2 is 0.962 bits per heavy atom. The van der Waals surface area contributed by atoms with E-state index in [1.807, 2.05) is 0 Å². The van der Waals surface area contributed by atoms with Crippen molar-refractivity contribution in [3.63, 3.8) is 0 Å². The van der Waals surface area contributed by atoms with Crippen molar-refractivity contribution < 1.29 is 0 Å². The summed E-state index contributed by atoms with van der Waals surface area (Å²) in [6.07, 6.45) is 3.57. The number of allylic oxidation sites excluding steroid dienone is 1. The molecule has 2 heteroatoms. The zero-order chi connectivity index (χ0) is 36.3. The Morgan fingerprint density at radius 1 is 0.472 bits per heavy atom. The summed E-state index contributed by atoms with van der Waals surface area (Å²) in [5, 5.41) is 0. The molecule has 0 spiro atoms. The number of anilines is 4. The first-order chi connectivity index (χ1) is 25.6. The molecule has 6 aromatic rings. The molecule has 4 aliphatic rings. The highest BCUT2D eigenvalue weighted by atomic mass is 15.2. The lowest BCUT2D eigenvalue weighted by Gasteiger charge is -2.58. The minimum Gasteiger partial charge on any atom is -0.334 e. The average Bonchev–Trinajstić information content (AvgIpc) is 3.18. The van der Waals surface area contributed by atoms with Gasteiger partial charge in [-0.15, -0.1) is 0 Å². The van der Waals surface area contributed by atoms with Crippen LogP contribution in [0, 0.1) is 0 Å². The lowest BCUT2D eigenvalue weighted by atomic mass is 9.58. The molecule has 3 heterocycles. The van der Waals surface area contributed by atoms with Crippen LogP contribution in [0.4, 0.5) is 22.7 Å². The Kier molecular flexibility index (Phi) is 6.78. The van der Waals surface area contributed by atoms with Crippen molar-refractivity contribution in [1.82, 2.24) is 0 Å². The van der Waals surface area contributed by atoms with Gasteiger partial charge in [0, 0.05) is 27.6 Å². The molecule has 53 heavy (non-hydrogen) atoms. The van der Waals surface area contributed by atoms with E-state index in [1.165, 1.54) is 84.1 Å². The van der Waals surface area contributed by atoms with Crippen molar-refractivity contribution in [1.29, 1.82) is 0 Å². The van der Waals surface area contributed by atoms with Gasteiger partial charge in [0.1, 0.15) is 0 Å². The van der Waals surface area contributed by atoms with Crippen molar-refractivity contribution in [2.24, 2.45) is 0 Å². The second kappa shape index (κ2) is 11.2. The molecule has 0 bridgehead atoms. The van der Waals surface area contributed by atoms with Crippen LogP contribution in [-0.2, 0) is 16.2 Å². The van der Waals surface area contributed by atoms with Gasteiger partial charge in [0.05, 0.1) is 23.1 Å². The van der Waals surface area contributed by atoms with Crippen LogP contribution in [0.15, 0.2) is 169 Å². The Hall–Kier alpha value is -5.60. The van der Waals surface area contributed by atoms with Gasteiger partial charge in [-0.3, -0.25) is 0 Å². The third kappa shape index (κ3) is 4.51. The summed E-state index contributed by atoms with van der Waals surface area (Å²) >= 11 is 0. The van der Waals surface area contributed by atoms with Gasteiger partial charge in [0.2, 0.25) is 0 Å². The monoisotopic (exact) mass is 686 g/mol. The van der Waals surface area contributed by atoms with Crippen LogP contribution in [0.3, 0.4) is 0 Å². The predicted octanol–water partition coefficient (Wildman–Crippen LogP) is 13.2. The topological polar surface area (TPSA) is 6.48 Å². The molecule has 1 atom stereocenters. The van der Waals surface area contributed by atoms with E-state index in [-0.39, 0.29) is 22.3 Å². The smallest absolute Gasteiger partial charge is 0.0567 e. The van der Waals surface area contributed by atoms with Crippen molar-refractivity contribution >= 4 is 22.7 Å². The molecule has 260 valence electrons. The highest BCUT2D eigenvalue weighted by Gasteiger charge is 2.54. The first-order valence-corrected chi connectivity index (χ1v) is 19.2. The SMILES string of the molecule is CC1(C)C2=CC(N(c3ccc(-c4ccccc4)cc3)c3cccc(-c4ccccc4)c3)CC3=C2N2c4c1cccc4C(C)(C)c1cccc(c12)C3(C)C. The summed E-state index contributed by atoms with van der Waals surface area (Å²) in [6, 6.07) is 54.1. The van der Waals surface area contributed by atoms with Crippen LogP contribution in [-0.4, -0.2) is 6.04 Å². The standard InChI is InChI=1S/C51H46N2/c1-49(2)40-22-14-24-42-46(40)53-47-41(49)23-15-25-43(47)51(5,6)45-32-39(31-44(48(45)53)50(42,3)4)52(37-28-26-35(27-29-37)33-16-9-7-10-17-33)38-21-13-20-36(30-38)34-18-11-8-12-19-34/h7-31,39H,32H2,1-6H3. The van der Waals surface area contributed by atoms with E-state index in [0.717, 1.165) is 6.42 Å². The molecule has 10 rings (SSSR count). The minimum atomic E-state index is -0.189. The van der Waals surface area contributed by atoms with Crippen LogP contribution in [0.2, 0.25) is 0 Å². The molecule has 0 N–H and O–H groups in total. The van der Waals surface area contributed by atoms with E-state index in [2.05, 4.69) is 203 Å². The van der Waals surface area contributed by atoms with Crippen molar-refractivity contribution in [2.45, 2.75) is 70.3 Å². The van der Waals surface area contributed by atoms with E-state index in [4.69, 9.17) is 0 Å². The third-order valence-electron chi connectivity index (χ3n) is 13.0. The van der Waals surface area contributed by atoms with Gasteiger partial charge in [-0.05, 0) is 86.3 Å². The van der Waals surface area contributed by atoms with E-state index in [1.54, 1.807) is 0 Å². The summed E-state index contributed by atoms with van der Waals surface area (Å²) in [6.45, 7) is 14.7. The first kappa shape index (κ1) is 32.1. The van der Waals surface area contributed by atoms with Gasteiger partial charge in [-0.2, -0.15) is 0 Å². The van der Waals surface area contributed by atoms with E-state index in [0.29, 0.717) is 0 Å². The van der Waals surface area contributed by atoms with Gasteiger partial charge in [0.15, 0.2) is 0 Å². The van der Waals surface area contributed by atoms with E-state index in [9.17, 15) is 0 Å². The molecule has 0 aromatic heterocycles. The van der Waals surface area contributed by atoms with Gasteiger partial charge in [-0.1, -0.05) is 169 Å². The Balaban J connectivity index is 1.20. The van der Waals surface area contributed by atoms with Crippen LogP contribution in [0.5, 0.6) is 0 Å². The molecule has 6 aromatic carbocycles. The maximum Gasteiger partial charge on any atom is 0.0567 e. The normalized spacial score (nSPS) is 19.3. The largest absolute Gasteiger partial charge is 0.334 e. The van der Waals surface area contributed by atoms with Crippen LogP contribution >= 0.6 is 0 Å². The summed E-state index contributed by atoms with van der Waals surface area (Å²) in [5.41, 5.74) is 19.8. The fourth-order valence-electron chi connectivity index (χ4n) is 10.1. The molecule has 0 saturated heterocycles. The molecule has 0 amide bonds. The molecular formula is C51H46N2. The second-order valence-corrected chi connectivity index (χ2v) is 17.0. The van der Waals surface area contributed by atoms with Gasteiger partial charge < -0.3 is 9.80 Å². The lowest BCUT2D eigenvalue weighted by Crippen LogP contribution is -2.50. The molecule has 0 saturated carbocycles. The lowest BCUT2D eigenvalue weighted by molar-refractivity contribution is 0.502. The number of hydrogen-bond acceptors (Lipinski definition) is 2. The number of hydrogen-bond donors (Lipinski definition) is 0. The van der Waals surface area contributed by atoms with Crippen molar-refractivity contribution in [3.8, 4) is 22.3 Å². The average molecular weight is 687 g/mol. The molecule has 1 aliphatic carbocycles. The fourth-order valence-corrected chi connectivity index (χ4v) is 10.1. The molecule has 0 radical (unpaired) electrons. The molecular weight excluding hydrogens is 641 g/mol. The fraction of sp³-hybridized carbons (Fsp3) is 0.216.